The molecule has 0 aliphatic carbocycles. The molecule has 3 rings (SSSR count). The van der Waals surface area contributed by atoms with Crippen molar-refractivity contribution >= 4 is 10.9 Å². The molecule has 2 heterocycles. The zero-order valence-corrected chi connectivity index (χ0v) is 13.2. The van der Waals surface area contributed by atoms with Gasteiger partial charge in [0.05, 0.1) is 5.56 Å². The van der Waals surface area contributed by atoms with Crippen LogP contribution >= 0.6 is 0 Å². The first-order valence-electron chi connectivity index (χ1n) is 7.35. The Kier molecular flexibility index (Phi) is 3.66. The molecule has 0 radical (unpaired) electrons. The summed E-state index contributed by atoms with van der Waals surface area (Å²) in [7, 11) is 0. The lowest BCUT2D eigenvalue weighted by atomic mass is 10.1. The van der Waals surface area contributed by atoms with Gasteiger partial charge in [-0.05, 0) is 62.2 Å². The van der Waals surface area contributed by atoms with Gasteiger partial charge in [-0.1, -0.05) is 0 Å². The van der Waals surface area contributed by atoms with Crippen molar-refractivity contribution < 1.29 is 13.2 Å². The molecule has 0 fully saturated rings. The Labute approximate surface area is 132 Å². The molecule has 0 aliphatic heterocycles. The first kappa shape index (κ1) is 15.6. The molecule has 0 saturated carbocycles. The predicted octanol–water partition coefficient (Wildman–Crippen LogP) is 5.03. The van der Waals surface area contributed by atoms with E-state index in [4.69, 9.17) is 0 Å². The molecule has 2 nitrogen and oxygen atoms in total. The molecule has 0 aliphatic rings. The molecular formula is C18H17F3N2. The molecule has 3 aromatic rings. The molecule has 23 heavy (non-hydrogen) atoms. The average molecular weight is 318 g/mol. The maximum Gasteiger partial charge on any atom is 0.416 e. The first-order valence-corrected chi connectivity index (χ1v) is 7.35. The minimum atomic E-state index is -4.32. The monoisotopic (exact) mass is 318 g/mol. The fourth-order valence-corrected chi connectivity index (χ4v) is 2.92. The molecule has 0 spiro atoms. The molecule has 0 amide bonds. The Balaban J connectivity index is 2.13. The van der Waals surface area contributed by atoms with E-state index in [1.54, 1.807) is 12.3 Å². The van der Waals surface area contributed by atoms with E-state index in [1.165, 1.54) is 6.07 Å². The van der Waals surface area contributed by atoms with Gasteiger partial charge in [0.1, 0.15) is 0 Å². The van der Waals surface area contributed by atoms with Gasteiger partial charge in [-0.15, -0.1) is 0 Å². The highest BCUT2D eigenvalue weighted by molar-refractivity contribution is 5.86. The van der Waals surface area contributed by atoms with Crippen molar-refractivity contribution in [2.24, 2.45) is 0 Å². The van der Waals surface area contributed by atoms with Crippen molar-refractivity contribution in [2.75, 3.05) is 0 Å². The third kappa shape index (κ3) is 2.83. The SMILES string of the molecule is Cc1cc(Cn2c(C)c(C)c3cc(C(F)(F)F)ccc32)ccn1. The number of pyridine rings is 1. The van der Waals surface area contributed by atoms with E-state index in [2.05, 4.69) is 9.55 Å². The summed E-state index contributed by atoms with van der Waals surface area (Å²) < 4.78 is 40.9. The Hall–Kier alpha value is -2.30. The molecule has 120 valence electrons. The lowest BCUT2D eigenvalue weighted by Crippen LogP contribution is -2.05. The predicted molar refractivity (Wildman–Crippen MR) is 84.5 cm³/mol. The molecule has 0 N–H and O–H groups in total. The van der Waals surface area contributed by atoms with Gasteiger partial charge in [-0.2, -0.15) is 13.2 Å². The Bertz CT molecular complexity index is 876. The third-order valence-corrected chi connectivity index (χ3v) is 4.27. The minimum absolute atomic E-state index is 0.606. The second-order valence-corrected chi connectivity index (χ2v) is 5.83. The van der Waals surface area contributed by atoms with E-state index in [-0.39, 0.29) is 0 Å². The van der Waals surface area contributed by atoms with Crippen molar-refractivity contribution in [3.05, 3.63) is 64.6 Å². The number of aryl methyl sites for hydroxylation is 2. The summed E-state index contributed by atoms with van der Waals surface area (Å²) in [6.45, 7) is 6.35. The highest BCUT2D eigenvalue weighted by Gasteiger charge is 2.31. The summed E-state index contributed by atoms with van der Waals surface area (Å²) in [5.74, 6) is 0. The standard InChI is InChI=1S/C18H17F3N2/c1-11-8-14(6-7-22-11)10-23-13(3)12(2)16-9-15(18(19,20)21)4-5-17(16)23/h4-9H,10H2,1-3H3. The van der Waals surface area contributed by atoms with Crippen molar-refractivity contribution in [1.29, 1.82) is 0 Å². The maximum absolute atomic E-state index is 12.9. The van der Waals surface area contributed by atoms with Crippen LogP contribution in [0, 0.1) is 20.8 Å². The average Bonchev–Trinajstić information content (AvgIpc) is 2.71. The highest BCUT2D eigenvalue weighted by Crippen LogP contribution is 2.34. The lowest BCUT2D eigenvalue weighted by Gasteiger charge is -2.10. The van der Waals surface area contributed by atoms with Crippen LogP contribution < -0.4 is 0 Å². The number of alkyl halides is 3. The Morgan fingerprint density at radius 2 is 1.78 bits per heavy atom. The molecule has 0 atom stereocenters. The van der Waals surface area contributed by atoms with Gasteiger partial charge in [-0.3, -0.25) is 4.98 Å². The van der Waals surface area contributed by atoms with Gasteiger partial charge in [0.25, 0.3) is 0 Å². The lowest BCUT2D eigenvalue weighted by molar-refractivity contribution is -0.137. The van der Waals surface area contributed by atoms with Crippen LogP contribution in [0.25, 0.3) is 10.9 Å². The zero-order valence-electron chi connectivity index (χ0n) is 13.2. The molecule has 1 aromatic carbocycles. The number of halogens is 3. The van der Waals surface area contributed by atoms with Crippen molar-refractivity contribution in [2.45, 2.75) is 33.5 Å². The molecular weight excluding hydrogens is 301 g/mol. The topological polar surface area (TPSA) is 17.8 Å². The van der Waals surface area contributed by atoms with Gasteiger partial charge in [0, 0.05) is 35.0 Å². The van der Waals surface area contributed by atoms with Crippen LogP contribution in [0.3, 0.4) is 0 Å². The zero-order chi connectivity index (χ0) is 16.8. The highest BCUT2D eigenvalue weighted by atomic mass is 19.4. The van der Waals surface area contributed by atoms with Crippen LogP contribution in [0.5, 0.6) is 0 Å². The van der Waals surface area contributed by atoms with Gasteiger partial charge in [-0.25, -0.2) is 0 Å². The summed E-state index contributed by atoms with van der Waals surface area (Å²) in [6, 6.07) is 7.87. The van der Waals surface area contributed by atoms with E-state index in [1.807, 2.05) is 32.9 Å². The maximum atomic E-state index is 12.9. The summed E-state index contributed by atoms with van der Waals surface area (Å²) in [5, 5.41) is 0.656. The van der Waals surface area contributed by atoms with E-state index < -0.39 is 11.7 Å². The quantitative estimate of drug-likeness (QED) is 0.648. The molecule has 0 saturated heterocycles. The van der Waals surface area contributed by atoms with Crippen LogP contribution in [-0.4, -0.2) is 9.55 Å². The van der Waals surface area contributed by atoms with Gasteiger partial charge in [0.2, 0.25) is 0 Å². The van der Waals surface area contributed by atoms with Gasteiger partial charge < -0.3 is 4.57 Å². The number of hydrogen-bond donors (Lipinski definition) is 0. The van der Waals surface area contributed by atoms with Crippen LogP contribution in [0.1, 0.15) is 28.1 Å². The largest absolute Gasteiger partial charge is 0.416 e. The number of rotatable bonds is 2. The molecule has 0 unspecified atom stereocenters. The van der Waals surface area contributed by atoms with E-state index in [9.17, 15) is 13.2 Å². The summed E-state index contributed by atoms with van der Waals surface area (Å²) in [4.78, 5) is 4.18. The van der Waals surface area contributed by atoms with Crippen molar-refractivity contribution in [3.8, 4) is 0 Å². The number of hydrogen-bond acceptors (Lipinski definition) is 1. The molecule has 2 aromatic heterocycles. The van der Waals surface area contributed by atoms with Gasteiger partial charge >= 0.3 is 6.18 Å². The first-order chi connectivity index (χ1) is 10.8. The molecule has 5 heteroatoms. The van der Waals surface area contributed by atoms with E-state index >= 15 is 0 Å². The normalized spacial score (nSPS) is 12.1. The van der Waals surface area contributed by atoms with Crippen LogP contribution in [0.15, 0.2) is 36.5 Å². The van der Waals surface area contributed by atoms with Crippen LogP contribution in [0.2, 0.25) is 0 Å². The van der Waals surface area contributed by atoms with Crippen LogP contribution in [-0.2, 0) is 12.7 Å². The fourth-order valence-electron chi connectivity index (χ4n) is 2.92. The Morgan fingerprint density at radius 1 is 1.04 bits per heavy atom. The van der Waals surface area contributed by atoms with Gasteiger partial charge in [0.15, 0.2) is 0 Å². The van der Waals surface area contributed by atoms with E-state index in [0.717, 1.165) is 34.1 Å². The summed E-state index contributed by atoms with van der Waals surface area (Å²) in [6.07, 6.45) is -2.57. The summed E-state index contributed by atoms with van der Waals surface area (Å²) >= 11 is 0. The third-order valence-electron chi connectivity index (χ3n) is 4.27. The van der Waals surface area contributed by atoms with Crippen molar-refractivity contribution in [3.63, 3.8) is 0 Å². The minimum Gasteiger partial charge on any atom is -0.340 e. The summed E-state index contributed by atoms with van der Waals surface area (Å²) in [5.41, 5.74) is 4.09. The number of benzene rings is 1. The second kappa shape index (κ2) is 5.41. The van der Waals surface area contributed by atoms with Crippen LogP contribution in [0.4, 0.5) is 13.2 Å². The number of aromatic nitrogens is 2. The van der Waals surface area contributed by atoms with E-state index in [0.29, 0.717) is 11.9 Å². The number of nitrogens with zero attached hydrogens (tertiary/aromatic N) is 2. The van der Waals surface area contributed by atoms with Crippen molar-refractivity contribution in [1.82, 2.24) is 9.55 Å². The smallest absolute Gasteiger partial charge is 0.340 e. The fraction of sp³-hybridized carbons (Fsp3) is 0.278. The number of fused-ring (bicyclic) bond motifs is 1. The molecule has 0 bridgehead atoms. The Morgan fingerprint density at radius 3 is 2.43 bits per heavy atom. The second-order valence-electron chi connectivity index (χ2n) is 5.83.